The van der Waals surface area contributed by atoms with Crippen LogP contribution in [0.1, 0.15) is 9.88 Å². The minimum atomic E-state index is -0.906. The van der Waals surface area contributed by atoms with Gasteiger partial charge in [0.25, 0.3) is 0 Å². The molecule has 0 radical (unpaired) electrons. The SMILES string of the molecule is Cc1ncc(CNC(=O)C(=O)Nc2ccccc2F)s1. The molecule has 2 amide bonds. The molecule has 2 aromatic rings. The highest BCUT2D eigenvalue weighted by Gasteiger charge is 2.15. The first-order valence-electron chi connectivity index (χ1n) is 5.81. The number of benzene rings is 1. The van der Waals surface area contributed by atoms with E-state index in [-0.39, 0.29) is 12.2 Å². The number of amides is 2. The second kappa shape index (κ2) is 6.25. The molecule has 2 N–H and O–H groups in total. The Balaban J connectivity index is 1.89. The van der Waals surface area contributed by atoms with Crippen molar-refractivity contribution in [2.45, 2.75) is 13.5 Å². The van der Waals surface area contributed by atoms with Crippen LogP contribution >= 0.6 is 11.3 Å². The van der Waals surface area contributed by atoms with E-state index < -0.39 is 17.6 Å². The molecule has 0 saturated heterocycles. The van der Waals surface area contributed by atoms with Crippen molar-refractivity contribution in [2.24, 2.45) is 0 Å². The van der Waals surface area contributed by atoms with Crippen molar-refractivity contribution in [3.05, 3.63) is 46.2 Å². The maximum absolute atomic E-state index is 13.3. The Morgan fingerprint density at radius 2 is 2.05 bits per heavy atom. The van der Waals surface area contributed by atoms with Gasteiger partial charge in [0.2, 0.25) is 0 Å². The average molecular weight is 293 g/mol. The molecule has 0 bridgehead atoms. The number of nitrogens with one attached hydrogen (secondary N) is 2. The Morgan fingerprint density at radius 1 is 1.30 bits per heavy atom. The van der Waals surface area contributed by atoms with Crippen LogP contribution in [0, 0.1) is 12.7 Å². The molecule has 1 aromatic heterocycles. The number of halogens is 1. The monoisotopic (exact) mass is 293 g/mol. The fourth-order valence-corrected chi connectivity index (χ4v) is 2.21. The number of hydrogen-bond donors (Lipinski definition) is 2. The van der Waals surface area contributed by atoms with Gasteiger partial charge in [-0.25, -0.2) is 9.37 Å². The van der Waals surface area contributed by atoms with E-state index in [1.807, 2.05) is 6.92 Å². The number of carbonyl (C=O) groups is 2. The van der Waals surface area contributed by atoms with Crippen molar-refractivity contribution in [1.29, 1.82) is 0 Å². The second-order valence-corrected chi connectivity index (χ2v) is 5.28. The summed E-state index contributed by atoms with van der Waals surface area (Å²) < 4.78 is 13.3. The van der Waals surface area contributed by atoms with Crippen molar-refractivity contribution in [2.75, 3.05) is 5.32 Å². The fraction of sp³-hybridized carbons (Fsp3) is 0.154. The molecule has 2 rings (SSSR count). The Kier molecular flexibility index (Phi) is 4.41. The van der Waals surface area contributed by atoms with Gasteiger partial charge in [-0.15, -0.1) is 11.3 Å². The molecule has 0 saturated carbocycles. The van der Waals surface area contributed by atoms with Crippen LogP contribution in [0.25, 0.3) is 0 Å². The second-order valence-electron chi connectivity index (χ2n) is 3.96. The highest BCUT2D eigenvalue weighted by atomic mass is 32.1. The van der Waals surface area contributed by atoms with E-state index in [4.69, 9.17) is 0 Å². The third-order valence-corrected chi connectivity index (χ3v) is 3.33. The first kappa shape index (κ1) is 14.1. The molecule has 0 unspecified atom stereocenters. The number of thiazole rings is 1. The maximum atomic E-state index is 13.3. The van der Waals surface area contributed by atoms with Crippen molar-refractivity contribution in [1.82, 2.24) is 10.3 Å². The van der Waals surface area contributed by atoms with Crippen LogP contribution in [0.2, 0.25) is 0 Å². The third kappa shape index (κ3) is 3.61. The molecule has 0 aliphatic carbocycles. The molecule has 0 aliphatic rings. The van der Waals surface area contributed by atoms with Gasteiger partial charge in [0.05, 0.1) is 17.2 Å². The molecule has 0 fully saturated rings. The molecule has 0 atom stereocenters. The summed E-state index contributed by atoms with van der Waals surface area (Å²) in [6.07, 6.45) is 1.63. The van der Waals surface area contributed by atoms with Gasteiger partial charge in [-0.3, -0.25) is 9.59 Å². The lowest BCUT2D eigenvalue weighted by Crippen LogP contribution is -2.35. The first-order chi connectivity index (χ1) is 9.56. The Labute approximate surface area is 118 Å². The maximum Gasteiger partial charge on any atom is 0.313 e. The van der Waals surface area contributed by atoms with Gasteiger partial charge >= 0.3 is 11.8 Å². The number of rotatable bonds is 3. The lowest BCUT2D eigenvalue weighted by atomic mass is 10.3. The topological polar surface area (TPSA) is 71.1 Å². The number of hydrogen-bond acceptors (Lipinski definition) is 4. The summed E-state index contributed by atoms with van der Waals surface area (Å²) in [7, 11) is 0. The number of aryl methyl sites for hydroxylation is 1. The number of carbonyl (C=O) groups excluding carboxylic acids is 2. The zero-order valence-electron chi connectivity index (χ0n) is 10.6. The first-order valence-corrected chi connectivity index (χ1v) is 6.63. The van der Waals surface area contributed by atoms with Crippen molar-refractivity contribution in [3.8, 4) is 0 Å². The number of para-hydroxylation sites is 1. The Morgan fingerprint density at radius 3 is 2.70 bits per heavy atom. The van der Waals surface area contributed by atoms with E-state index in [0.717, 1.165) is 9.88 Å². The summed E-state index contributed by atoms with van der Waals surface area (Å²) >= 11 is 1.43. The molecule has 1 heterocycles. The average Bonchev–Trinajstić information content (AvgIpc) is 2.84. The summed E-state index contributed by atoms with van der Waals surface area (Å²) in [6.45, 7) is 2.07. The fourth-order valence-electron chi connectivity index (χ4n) is 1.48. The van der Waals surface area contributed by atoms with Crippen LogP contribution < -0.4 is 10.6 Å². The van der Waals surface area contributed by atoms with Crippen molar-refractivity contribution < 1.29 is 14.0 Å². The largest absolute Gasteiger partial charge is 0.343 e. The molecule has 0 spiro atoms. The molecular weight excluding hydrogens is 281 g/mol. The molecule has 0 aliphatic heterocycles. The molecule has 5 nitrogen and oxygen atoms in total. The van der Waals surface area contributed by atoms with Crippen molar-refractivity contribution in [3.63, 3.8) is 0 Å². The molecule has 1 aromatic carbocycles. The standard InChI is InChI=1S/C13H12FN3O2S/c1-8-15-6-9(20-8)7-16-12(18)13(19)17-11-5-3-2-4-10(11)14/h2-6H,7H2,1H3,(H,16,18)(H,17,19). The number of nitrogens with zero attached hydrogens (tertiary/aromatic N) is 1. The molecule has 104 valence electrons. The van der Waals surface area contributed by atoms with Gasteiger partial charge in [0.15, 0.2) is 0 Å². The van der Waals surface area contributed by atoms with Crippen LogP contribution in [-0.2, 0) is 16.1 Å². The van der Waals surface area contributed by atoms with Crippen LogP contribution in [0.3, 0.4) is 0 Å². The number of aromatic nitrogens is 1. The third-order valence-electron chi connectivity index (χ3n) is 2.42. The van der Waals surface area contributed by atoms with Gasteiger partial charge in [0, 0.05) is 11.1 Å². The Bertz CT molecular complexity index is 642. The van der Waals surface area contributed by atoms with Gasteiger partial charge < -0.3 is 10.6 Å². The van der Waals surface area contributed by atoms with Crippen LogP contribution in [-0.4, -0.2) is 16.8 Å². The zero-order chi connectivity index (χ0) is 14.5. The van der Waals surface area contributed by atoms with Gasteiger partial charge in [-0.05, 0) is 19.1 Å². The lowest BCUT2D eigenvalue weighted by Gasteiger charge is -2.06. The van der Waals surface area contributed by atoms with E-state index in [1.54, 1.807) is 12.3 Å². The Hall–Kier alpha value is -2.28. The van der Waals surface area contributed by atoms with E-state index in [9.17, 15) is 14.0 Å². The predicted molar refractivity (Wildman–Crippen MR) is 73.7 cm³/mol. The minimum Gasteiger partial charge on any atom is -0.343 e. The predicted octanol–water partition coefficient (Wildman–Crippen LogP) is 1.85. The minimum absolute atomic E-state index is 0.0266. The summed E-state index contributed by atoms with van der Waals surface area (Å²) in [6, 6.07) is 5.65. The van der Waals surface area contributed by atoms with Crippen LogP contribution in [0.15, 0.2) is 30.5 Å². The van der Waals surface area contributed by atoms with Gasteiger partial charge in [-0.1, -0.05) is 12.1 Å². The summed E-state index contributed by atoms with van der Waals surface area (Å²) in [5.41, 5.74) is -0.0266. The molecule has 20 heavy (non-hydrogen) atoms. The quantitative estimate of drug-likeness (QED) is 0.848. The van der Waals surface area contributed by atoms with Gasteiger partial charge in [0.1, 0.15) is 5.82 Å². The zero-order valence-corrected chi connectivity index (χ0v) is 11.5. The summed E-state index contributed by atoms with van der Waals surface area (Å²) in [5.74, 6) is -2.32. The molecular formula is C13H12FN3O2S. The van der Waals surface area contributed by atoms with Crippen molar-refractivity contribution >= 4 is 28.8 Å². The number of anilines is 1. The normalized spacial score (nSPS) is 10.1. The lowest BCUT2D eigenvalue weighted by molar-refractivity contribution is -0.136. The highest BCUT2D eigenvalue weighted by molar-refractivity contribution is 7.11. The van der Waals surface area contributed by atoms with Gasteiger partial charge in [-0.2, -0.15) is 0 Å². The van der Waals surface area contributed by atoms with Crippen LogP contribution in [0.4, 0.5) is 10.1 Å². The van der Waals surface area contributed by atoms with E-state index in [2.05, 4.69) is 15.6 Å². The van der Waals surface area contributed by atoms with E-state index in [1.165, 1.54) is 29.5 Å². The van der Waals surface area contributed by atoms with Crippen LogP contribution in [0.5, 0.6) is 0 Å². The summed E-state index contributed by atoms with van der Waals surface area (Å²) in [5, 5.41) is 5.54. The van der Waals surface area contributed by atoms with E-state index >= 15 is 0 Å². The highest BCUT2D eigenvalue weighted by Crippen LogP contribution is 2.12. The molecule has 7 heteroatoms. The smallest absolute Gasteiger partial charge is 0.313 e. The summed E-state index contributed by atoms with van der Waals surface area (Å²) in [4.78, 5) is 28.0. The van der Waals surface area contributed by atoms with E-state index in [0.29, 0.717) is 0 Å².